The summed E-state index contributed by atoms with van der Waals surface area (Å²) >= 11 is 0. The van der Waals surface area contributed by atoms with Gasteiger partial charge in [0.2, 0.25) is 5.88 Å². The highest BCUT2D eigenvalue weighted by molar-refractivity contribution is 6.03. The number of rotatable bonds is 2. The average Bonchev–Trinajstić information content (AvgIpc) is 2.81. The highest BCUT2D eigenvalue weighted by Gasteiger charge is 2.26. The lowest BCUT2D eigenvalue weighted by Crippen LogP contribution is -2.40. The van der Waals surface area contributed by atoms with Gasteiger partial charge >= 0.3 is 0 Å². The van der Waals surface area contributed by atoms with E-state index in [1.54, 1.807) is 12.1 Å². The van der Waals surface area contributed by atoms with Crippen LogP contribution in [0.2, 0.25) is 0 Å². The van der Waals surface area contributed by atoms with Crippen LogP contribution in [0.25, 0.3) is 11.5 Å². The molecule has 0 bridgehead atoms. The molecule has 0 saturated carbocycles. The second kappa shape index (κ2) is 4.46. The third kappa shape index (κ3) is 2.78. The Bertz CT molecular complexity index is 605. The van der Waals surface area contributed by atoms with E-state index in [9.17, 15) is 4.79 Å². The Morgan fingerprint density at radius 3 is 2.58 bits per heavy atom. The molecular weight excluding hydrogens is 246 g/mol. The zero-order valence-corrected chi connectivity index (χ0v) is 11.4. The summed E-state index contributed by atoms with van der Waals surface area (Å²) in [4.78, 5) is 12.2. The van der Waals surface area contributed by atoms with Crippen LogP contribution in [0.15, 0.2) is 21.1 Å². The molecule has 6 nitrogen and oxygen atoms in total. The van der Waals surface area contributed by atoms with E-state index < -0.39 is 0 Å². The number of hydrogen-bond acceptors (Lipinski definition) is 5. The number of anilines is 1. The molecule has 0 saturated heterocycles. The van der Waals surface area contributed by atoms with Crippen molar-refractivity contribution in [2.75, 3.05) is 5.73 Å². The molecule has 0 aliphatic heterocycles. The number of hydrogen-bond donors (Lipinski definition) is 2. The van der Waals surface area contributed by atoms with Crippen molar-refractivity contribution < 1.29 is 13.7 Å². The van der Waals surface area contributed by atoms with E-state index in [0.29, 0.717) is 11.5 Å². The van der Waals surface area contributed by atoms with Crippen LogP contribution in [-0.2, 0) is 0 Å². The molecule has 0 unspecified atom stereocenters. The van der Waals surface area contributed by atoms with Gasteiger partial charge in [0, 0.05) is 5.54 Å². The number of carbonyl (C=O) groups is 1. The van der Waals surface area contributed by atoms with E-state index in [4.69, 9.17) is 14.7 Å². The van der Waals surface area contributed by atoms with Crippen LogP contribution in [0.4, 0.5) is 5.88 Å². The Balaban J connectivity index is 2.41. The Labute approximate surface area is 110 Å². The maximum absolute atomic E-state index is 12.2. The summed E-state index contributed by atoms with van der Waals surface area (Å²) in [5, 5.41) is 6.61. The van der Waals surface area contributed by atoms with Crippen molar-refractivity contribution in [2.45, 2.75) is 33.2 Å². The average molecular weight is 263 g/mol. The molecule has 19 heavy (non-hydrogen) atoms. The normalized spacial score (nSPS) is 11.6. The number of carbonyl (C=O) groups excluding carboxylic acids is 1. The molecule has 0 atom stereocenters. The fourth-order valence-electron chi connectivity index (χ4n) is 1.66. The van der Waals surface area contributed by atoms with Gasteiger partial charge in [0.1, 0.15) is 11.3 Å². The van der Waals surface area contributed by atoms with Crippen molar-refractivity contribution >= 4 is 11.8 Å². The van der Waals surface area contributed by atoms with E-state index in [0.717, 1.165) is 5.76 Å². The number of nitrogens with two attached hydrogens (primary N) is 1. The molecule has 102 valence electrons. The predicted molar refractivity (Wildman–Crippen MR) is 70.6 cm³/mol. The van der Waals surface area contributed by atoms with Crippen LogP contribution in [0.3, 0.4) is 0 Å². The van der Waals surface area contributed by atoms with E-state index in [1.165, 1.54) is 0 Å². The van der Waals surface area contributed by atoms with Crippen molar-refractivity contribution in [1.82, 2.24) is 10.5 Å². The Kier molecular flexibility index (Phi) is 3.09. The molecule has 2 aromatic rings. The van der Waals surface area contributed by atoms with E-state index in [-0.39, 0.29) is 22.9 Å². The highest BCUT2D eigenvalue weighted by Crippen LogP contribution is 2.28. The molecule has 0 aromatic carbocycles. The largest absolute Gasteiger partial charge is 0.460 e. The molecule has 0 aliphatic rings. The monoisotopic (exact) mass is 263 g/mol. The maximum atomic E-state index is 12.2. The van der Waals surface area contributed by atoms with Gasteiger partial charge in [-0.2, -0.15) is 0 Å². The Hall–Kier alpha value is -2.24. The minimum absolute atomic E-state index is 0.0224. The minimum atomic E-state index is -0.378. The first kappa shape index (κ1) is 13.2. The molecule has 0 fully saturated rings. The number of nitrogen functional groups attached to an aromatic ring is 1. The Morgan fingerprint density at radius 2 is 2.05 bits per heavy atom. The van der Waals surface area contributed by atoms with Crippen LogP contribution < -0.4 is 11.1 Å². The second-order valence-corrected chi connectivity index (χ2v) is 5.38. The standard InChI is InChI=1S/C13H17N3O3/c1-7-5-6-8(18-7)10-9(11(14)19-16-10)12(17)15-13(2,3)4/h5-6H,14H2,1-4H3,(H,15,17). The van der Waals surface area contributed by atoms with Crippen LogP contribution >= 0.6 is 0 Å². The van der Waals surface area contributed by atoms with Gasteiger partial charge < -0.3 is 20.0 Å². The first-order valence-corrected chi connectivity index (χ1v) is 5.92. The van der Waals surface area contributed by atoms with Gasteiger partial charge in [0.05, 0.1) is 0 Å². The topological polar surface area (TPSA) is 94.3 Å². The first-order chi connectivity index (χ1) is 8.78. The minimum Gasteiger partial charge on any atom is -0.460 e. The maximum Gasteiger partial charge on any atom is 0.259 e. The summed E-state index contributed by atoms with van der Waals surface area (Å²) in [6, 6.07) is 3.51. The molecule has 0 aliphatic carbocycles. The van der Waals surface area contributed by atoms with Gasteiger partial charge in [-0.1, -0.05) is 5.16 Å². The summed E-state index contributed by atoms with van der Waals surface area (Å²) < 4.78 is 10.3. The highest BCUT2D eigenvalue weighted by atomic mass is 16.5. The fraction of sp³-hybridized carbons (Fsp3) is 0.385. The molecule has 6 heteroatoms. The molecule has 2 aromatic heterocycles. The Morgan fingerprint density at radius 1 is 1.37 bits per heavy atom. The summed E-state index contributed by atoms with van der Waals surface area (Å²) in [7, 11) is 0. The SMILES string of the molecule is Cc1ccc(-c2noc(N)c2C(=O)NC(C)(C)C)o1. The third-order valence-electron chi connectivity index (χ3n) is 2.41. The van der Waals surface area contributed by atoms with E-state index in [1.807, 2.05) is 27.7 Å². The van der Waals surface area contributed by atoms with Crippen molar-refractivity contribution in [3.63, 3.8) is 0 Å². The summed E-state index contributed by atoms with van der Waals surface area (Å²) in [6.45, 7) is 7.45. The van der Waals surface area contributed by atoms with E-state index >= 15 is 0 Å². The van der Waals surface area contributed by atoms with Crippen LogP contribution in [0.5, 0.6) is 0 Å². The third-order valence-corrected chi connectivity index (χ3v) is 2.41. The predicted octanol–water partition coefficient (Wildman–Crippen LogP) is 2.35. The molecule has 2 heterocycles. The summed E-state index contributed by atoms with van der Waals surface area (Å²) in [6.07, 6.45) is 0. The number of aromatic nitrogens is 1. The summed E-state index contributed by atoms with van der Waals surface area (Å²) in [5.41, 5.74) is 5.81. The lowest BCUT2D eigenvalue weighted by Gasteiger charge is -2.20. The summed E-state index contributed by atoms with van der Waals surface area (Å²) in [5.74, 6) is 0.817. The van der Waals surface area contributed by atoms with Gasteiger partial charge in [-0.15, -0.1) is 0 Å². The van der Waals surface area contributed by atoms with Gasteiger partial charge in [-0.05, 0) is 39.8 Å². The van der Waals surface area contributed by atoms with Gasteiger partial charge in [0.15, 0.2) is 11.5 Å². The van der Waals surface area contributed by atoms with Crippen molar-refractivity contribution in [1.29, 1.82) is 0 Å². The second-order valence-electron chi connectivity index (χ2n) is 5.38. The van der Waals surface area contributed by atoms with Crippen molar-refractivity contribution in [3.05, 3.63) is 23.5 Å². The van der Waals surface area contributed by atoms with Crippen LogP contribution in [0.1, 0.15) is 36.9 Å². The van der Waals surface area contributed by atoms with Crippen molar-refractivity contribution in [3.8, 4) is 11.5 Å². The van der Waals surface area contributed by atoms with Gasteiger partial charge in [-0.3, -0.25) is 4.79 Å². The van der Waals surface area contributed by atoms with E-state index in [2.05, 4.69) is 10.5 Å². The first-order valence-electron chi connectivity index (χ1n) is 5.92. The quantitative estimate of drug-likeness (QED) is 0.867. The van der Waals surface area contributed by atoms with Crippen LogP contribution in [0, 0.1) is 6.92 Å². The molecule has 0 radical (unpaired) electrons. The van der Waals surface area contributed by atoms with Crippen molar-refractivity contribution in [2.24, 2.45) is 0 Å². The van der Waals surface area contributed by atoms with Gasteiger partial charge in [0.25, 0.3) is 5.91 Å². The smallest absolute Gasteiger partial charge is 0.259 e. The van der Waals surface area contributed by atoms with Crippen LogP contribution in [-0.4, -0.2) is 16.6 Å². The lowest BCUT2D eigenvalue weighted by molar-refractivity contribution is 0.0920. The number of nitrogens with one attached hydrogen (secondary N) is 1. The fourth-order valence-corrected chi connectivity index (χ4v) is 1.66. The molecule has 2 rings (SSSR count). The molecule has 1 amide bonds. The molecular formula is C13H17N3O3. The number of furan rings is 1. The zero-order chi connectivity index (χ0) is 14.2. The zero-order valence-electron chi connectivity index (χ0n) is 11.4. The number of aryl methyl sites for hydroxylation is 1. The van der Waals surface area contributed by atoms with Gasteiger partial charge in [-0.25, -0.2) is 0 Å². The number of amides is 1. The number of nitrogens with zero attached hydrogens (tertiary/aromatic N) is 1. The lowest BCUT2D eigenvalue weighted by atomic mass is 10.1. The molecule has 3 N–H and O–H groups in total. The molecule has 0 spiro atoms.